The van der Waals surface area contributed by atoms with Gasteiger partial charge in [-0.05, 0) is 44.1 Å². The van der Waals surface area contributed by atoms with Crippen LogP contribution in [0.25, 0.3) is 0 Å². The summed E-state index contributed by atoms with van der Waals surface area (Å²) in [5.74, 6) is -2.55. The first kappa shape index (κ1) is 26.5. The molecule has 2 unspecified atom stereocenters. The molecule has 2 rings (SSSR count). The Kier molecular flexibility index (Phi) is 10.0. The molecular formula is C24H33FN2O6. The predicted octanol–water partition coefficient (Wildman–Crippen LogP) is 3.03. The van der Waals surface area contributed by atoms with Gasteiger partial charge in [-0.25, -0.2) is 9.18 Å². The Labute approximate surface area is 194 Å². The maximum Gasteiger partial charge on any atom is 0.408 e. The second-order valence-corrected chi connectivity index (χ2v) is 7.93. The summed E-state index contributed by atoms with van der Waals surface area (Å²) in [6, 6.07) is 8.48. The maximum absolute atomic E-state index is 14.6. The summed E-state index contributed by atoms with van der Waals surface area (Å²) in [5, 5.41) is 5.33. The SMILES string of the molecule is COC1C=C(CNC(=O)[C@@H](NC(=O)OC(C)C)[C@@H](C)OCc2ccccc2)C=CC1(F)OC. The molecule has 0 aromatic heterocycles. The van der Waals surface area contributed by atoms with Crippen LogP contribution < -0.4 is 10.6 Å². The van der Waals surface area contributed by atoms with Gasteiger partial charge in [-0.3, -0.25) is 4.79 Å². The molecule has 1 aliphatic rings. The monoisotopic (exact) mass is 464 g/mol. The number of hydrogen-bond donors (Lipinski definition) is 2. The molecule has 2 N–H and O–H groups in total. The largest absolute Gasteiger partial charge is 0.447 e. The number of alkyl halides is 1. The van der Waals surface area contributed by atoms with Crippen molar-refractivity contribution < 1.29 is 32.9 Å². The Hall–Kier alpha value is -2.75. The molecule has 0 heterocycles. The smallest absolute Gasteiger partial charge is 0.408 e. The van der Waals surface area contributed by atoms with Gasteiger partial charge in [-0.2, -0.15) is 0 Å². The zero-order valence-corrected chi connectivity index (χ0v) is 19.7. The standard InChI is InChI=1S/C24H33FN2O6/c1-16(2)33-23(29)27-21(17(3)32-15-18-9-7-6-8-10-18)22(28)26-14-19-11-12-24(25,31-5)20(13-19)30-4/h6-13,16-17,20-21H,14-15H2,1-5H3,(H,26,28)(H,27,29)/t17-,20?,21+,24?/m1/s1. The Morgan fingerprint density at radius 2 is 1.85 bits per heavy atom. The highest BCUT2D eigenvalue weighted by atomic mass is 19.2. The van der Waals surface area contributed by atoms with Crippen molar-refractivity contribution in [3.63, 3.8) is 0 Å². The van der Waals surface area contributed by atoms with Gasteiger partial charge in [-0.15, -0.1) is 0 Å². The lowest BCUT2D eigenvalue weighted by atomic mass is 10.00. The summed E-state index contributed by atoms with van der Waals surface area (Å²) in [7, 11) is 2.62. The number of amides is 2. The van der Waals surface area contributed by atoms with Crippen LogP contribution >= 0.6 is 0 Å². The fourth-order valence-electron chi connectivity index (χ4n) is 3.18. The van der Waals surface area contributed by atoms with Gasteiger partial charge in [0.25, 0.3) is 5.85 Å². The molecule has 4 atom stereocenters. The topological polar surface area (TPSA) is 95.1 Å². The van der Waals surface area contributed by atoms with E-state index in [2.05, 4.69) is 10.6 Å². The van der Waals surface area contributed by atoms with Crippen molar-refractivity contribution in [2.24, 2.45) is 0 Å². The highest BCUT2D eigenvalue weighted by Gasteiger charge is 2.38. The normalized spacial score (nSPS) is 21.8. The van der Waals surface area contributed by atoms with E-state index in [9.17, 15) is 14.0 Å². The molecular weight excluding hydrogens is 431 g/mol. The van der Waals surface area contributed by atoms with Crippen LogP contribution in [0, 0.1) is 0 Å². The number of methoxy groups -OCH3 is 2. The molecule has 0 saturated carbocycles. The molecule has 8 nitrogen and oxygen atoms in total. The van der Waals surface area contributed by atoms with E-state index in [1.807, 2.05) is 30.3 Å². The summed E-state index contributed by atoms with van der Waals surface area (Å²) >= 11 is 0. The van der Waals surface area contributed by atoms with Gasteiger partial charge < -0.3 is 29.6 Å². The van der Waals surface area contributed by atoms with Crippen LogP contribution in [0.4, 0.5) is 9.18 Å². The van der Waals surface area contributed by atoms with Crippen molar-refractivity contribution in [2.45, 2.75) is 57.6 Å². The number of halogens is 1. The molecule has 2 amide bonds. The van der Waals surface area contributed by atoms with E-state index >= 15 is 0 Å². The van der Waals surface area contributed by atoms with Gasteiger partial charge in [0.05, 0.1) is 18.8 Å². The van der Waals surface area contributed by atoms with Gasteiger partial charge in [0.1, 0.15) is 12.1 Å². The molecule has 0 bridgehead atoms. The van der Waals surface area contributed by atoms with Crippen molar-refractivity contribution in [3.05, 3.63) is 59.7 Å². The van der Waals surface area contributed by atoms with Crippen LogP contribution in [0.3, 0.4) is 0 Å². The van der Waals surface area contributed by atoms with Crippen molar-refractivity contribution in [1.82, 2.24) is 10.6 Å². The number of benzene rings is 1. The second-order valence-electron chi connectivity index (χ2n) is 7.93. The molecule has 1 aliphatic carbocycles. The number of rotatable bonds is 11. The van der Waals surface area contributed by atoms with Crippen molar-refractivity contribution in [2.75, 3.05) is 20.8 Å². The van der Waals surface area contributed by atoms with Gasteiger partial charge in [-0.1, -0.05) is 36.4 Å². The Morgan fingerprint density at radius 1 is 1.15 bits per heavy atom. The van der Waals surface area contributed by atoms with Crippen LogP contribution in [0.2, 0.25) is 0 Å². The summed E-state index contributed by atoms with van der Waals surface area (Å²) in [6.07, 6.45) is 1.61. The number of alkyl carbamates (subject to hydrolysis) is 1. The third kappa shape index (κ3) is 7.96. The Balaban J connectivity index is 2.04. The fourth-order valence-corrected chi connectivity index (χ4v) is 3.18. The average Bonchev–Trinajstić information content (AvgIpc) is 2.80. The van der Waals surface area contributed by atoms with E-state index in [4.69, 9.17) is 18.9 Å². The number of carbonyl (C=O) groups excluding carboxylic acids is 2. The van der Waals surface area contributed by atoms with Crippen molar-refractivity contribution in [1.29, 1.82) is 0 Å². The van der Waals surface area contributed by atoms with Gasteiger partial charge in [0, 0.05) is 20.8 Å². The molecule has 0 spiro atoms. The number of nitrogens with one attached hydrogen (secondary N) is 2. The molecule has 33 heavy (non-hydrogen) atoms. The van der Waals surface area contributed by atoms with Crippen LogP contribution in [0.1, 0.15) is 26.3 Å². The molecule has 0 fully saturated rings. The predicted molar refractivity (Wildman–Crippen MR) is 121 cm³/mol. The van der Waals surface area contributed by atoms with Gasteiger partial charge in [0.2, 0.25) is 5.91 Å². The molecule has 0 saturated heterocycles. The molecule has 1 aromatic carbocycles. The zero-order valence-electron chi connectivity index (χ0n) is 19.7. The van der Waals surface area contributed by atoms with Gasteiger partial charge in [0.15, 0.2) is 0 Å². The number of carbonyl (C=O) groups is 2. The average molecular weight is 465 g/mol. The van der Waals surface area contributed by atoms with Crippen molar-refractivity contribution in [3.8, 4) is 0 Å². The molecule has 9 heteroatoms. The van der Waals surface area contributed by atoms with E-state index in [1.54, 1.807) is 20.8 Å². The lowest BCUT2D eigenvalue weighted by molar-refractivity contribution is -0.150. The minimum Gasteiger partial charge on any atom is -0.447 e. The second kappa shape index (κ2) is 12.5. The third-order valence-corrected chi connectivity index (χ3v) is 5.04. The lowest BCUT2D eigenvalue weighted by Crippen LogP contribution is -2.53. The summed E-state index contributed by atoms with van der Waals surface area (Å²) in [5.41, 5.74) is 1.56. The fraction of sp³-hybridized carbons (Fsp3) is 0.500. The van der Waals surface area contributed by atoms with Crippen LogP contribution in [-0.2, 0) is 30.3 Å². The molecule has 182 valence electrons. The van der Waals surface area contributed by atoms with E-state index in [-0.39, 0.29) is 19.3 Å². The quantitative estimate of drug-likeness (QED) is 0.523. The third-order valence-electron chi connectivity index (χ3n) is 5.04. The van der Waals surface area contributed by atoms with Crippen molar-refractivity contribution >= 4 is 12.0 Å². The Morgan fingerprint density at radius 3 is 2.45 bits per heavy atom. The molecule has 1 aromatic rings. The number of ether oxygens (including phenoxy) is 4. The van der Waals surface area contributed by atoms with Gasteiger partial charge >= 0.3 is 6.09 Å². The summed E-state index contributed by atoms with van der Waals surface area (Å²) < 4.78 is 35.6. The maximum atomic E-state index is 14.6. The highest BCUT2D eigenvalue weighted by Crippen LogP contribution is 2.28. The number of hydrogen-bond acceptors (Lipinski definition) is 6. The Bertz CT molecular complexity index is 845. The summed E-state index contributed by atoms with van der Waals surface area (Å²) in [6.45, 7) is 5.48. The van der Waals surface area contributed by atoms with E-state index < -0.39 is 36.1 Å². The first-order valence-corrected chi connectivity index (χ1v) is 10.8. The minimum atomic E-state index is -2.08. The van der Waals surface area contributed by atoms with Crippen LogP contribution in [0.15, 0.2) is 54.1 Å². The first-order valence-electron chi connectivity index (χ1n) is 10.8. The summed E-state index contributed by atoms with van der Waals surface area (Å²) in [4.78, 5) is 25.1. The van der Waals surface area contributed by atoms with Crippen LogP contribution in [0.5, 0.6) is 0 Å². The van der Waals surface area contributed by atoms with E-state index in [0.717, 1.165) is 5.56 Å². The zero-order chi connectivity index (χ0) is 24.4. The minimum absolute atomic E-state index is 0.0950. The van der Waals surface area contributed by atoms with E-state index in [0.29, 0.717) is 5.57 Å². The first-order chi connectivity index (χ1) is 15.7. The highest BCUT2D eigenvalue weighted by molar-refractivity contribution is 5.86. The molecule has 0 radical (unpaired) electrons. The van der Waals surface area contributed by atoms with E-state index in [1.165, 1.54) is 32.4 Å². The lowest BCUT2D eigenvalue weighted by Gasteiger charge is -2.30. The van der Waals surface area contributed by atoms with Crippen LogP contribution in [-0.4, -0.2) is 63.0 Å². The molecule has 0 aliphatic heterocycles.